The number of esters is 1. The monoisotopic (exact) mass is 387 g/mol. The third-order valence-electron chi connectivity index (χ3n) is 2.87. The minimum absolute atomic E-state index is 0.00953. The number of rotatable bonds is 4. The Hall–Kier alpha value is -2.65. The lowest BCUT2D eigenvalue weighted by Crippen LogP contribution is -2.26. The second-order valence-electron chi connectivity index (χ2n) is 4.57. The summed E-state index contributed by atoms with van der Waals surface area (Å²) >= 11 is 5.71. The molecule has 0 aliphatic heterocycles. The van der Waals surface area contributed by atoms with E-state index in [1.54, 1.807) is 10.8 Å². The Morgan fingerprint density at radius 3 is 2.40 bits per heavy atom. The average molecular weight is 388 g/mol. The molecule has 0 heterocycles. The van der Waals surface area contributed by atoms with Crippen LogP contribution in [0.5, 0.6) is 5.75 Å². The molecule has 0 atom stereocenters. The summed E-state index contributed by atoms with van der Waals surface area (Å²) in [5, 5.41) is -1.92. The summed E-state index contributed by atoms with van der Waals surface area (Å²) in [6.45, 7) is 0. The molecule has 0 bridgehead atoms. The van der Waals surface area contributed by atoms with E-state index in [9.17, 15) is 22.4 Å². The van der Waals surface area contributed by atoms with Crippen molar-refractivity contribution in [2.45, 2.75) is 0 Å². The van der Waals surface area contributed by atoms with Crippen molar-refractivity contribution in [2.24, 2.45) is 0 Å². The fourth-order valence-corrected chi connectivity index (χ4v) is 2.68. The summed E-state index contributed by atoms with van der Waals surface area (Å²) in [4.78, 5) is 23.3. The average Bonchev–Trinajstić information content (AvgIpc) is 2.57. The molecule has 10 heteroatoms. The Labute approximate surface area is 147 Å². The number of carbonyl (C=O) groups excluding carboxylic acids is 2. The Kier molecular flexibility index (Phi) is 5.60. The van der Waals surface area contributed by atoms with Gasteiger partial charge in [-0.05, 0) is 24.3 Å². The van der Waals surface area contributed by atoms with Gasteiger partial charge >= 0.3 is 21.3 Å². The summed E-state index contributed by atoms with van der Waals surface area (Å²) in [6.07, 6.45) is 0. The van der Waals surface area contributed by atoms with Gasteiger partial charge < -0.3 is 9.47 Å². The molecule has 0 aliphatic rings. The van der Waals surface area contributed by atoms with Crippen LogP contribution in [0.15, 0.2) is 42.5 Å². The third-order valence-corrected chi connectivity index (χ3v) is 4.19. The standard InChI is InChI=1S/C15H11ClFNO6S/c1-23-14(19)10-7-13(12(17)8-11(10)16)18-25(21,22)15(20)24-9-5-3-2-4-6-9/h2-8,18H,1H3. The molecule has 132 valence electrons. The minimum atomic E-state index is -4.74. The topological polar surface area (TPSA) is 98.8 Å². The van der Waals surface area contributed by atoms with Crippen molar-refractivity contribution in [2.75, 3.05) is 11.8 Å². The molecule has 2 aromatic carbocycles. The number of para-hydroxylation sites is 1. The highest BCUT2D eigenvalue weighted by Crippen LogP contribution is 2.26. The zero-order valence-corrected chi connectivity index (χ0v) is 14.2. The van der Waals surface area contributed by atoms with E-state index in [2.05, 4.69) is 9.47 Å². The van der Waals surface area contributed by atoms with Gasteiger partial charge in [0.1, 0.15) is 11.6 Å². The molecule has 0 fully saturated rings. The number of ether oxygens (including phenoxy) is 2. The van der Waals surface area contributed by atoms with Crippen molar-refractivity contribution in [3.05, 3.63) is 58.9 Å². The first-order valence-electron chi connectivity index (χ1n) is 6.61. The molecule has 2 rings (SSSR count). The first-order valence-corrected chi connectivity index (χ1v) is 8.47. The first kappa shape index (κ1) is 18.7. The fraction of sp³-hybridized carbons (Fsp3) is 0.0667. The van der Waals surface area contributed by atoms with Gasteiger partial charge in [-0.1, -0.05) is 29.8 Å². The first-order chi connectivity index (χ1) is 11.7. The highest BCUT2D eigenvalue weighted by molar-refractivity contribution is 8.06. The van der Waals surface area contributed by atoms with E-state index in [0.29, 0.717) is 6.07 Å². The van der Waals surface area contributed by atoms with E-state index >= 15 is 0 Å². The molecule has 0 amide bonds. The number of carbonyl (C=O) groups is 2. The van der Waals surface area contributed by atoms with E-state index in [0.717, 1.165) is 13.2 Å². The second-order valence-corrected chi connectivity index (χ2v) is 6.53. The van der Waals surface area contributed by atoms with Crippen LogP contribution >= 0.6 is 11.6 Å². The molecule has 0 radical (unpaired) electrons. The molecule has 1 N–H and O–H groups in total. The summed E-state index contributed by atoms with van der Waals surface area (Å²) in [5.74, 6) is -2.00. The second kappa shape index (κ2) is 7.49. The van der Waals surface area contributed by atoms with Crippen molar-refractivity contribution >= 4 is 38.6 Å². The van der Waals surface area contributed by atoms with Crippen molar-refractivity contribution in [3.63, 3.8) is 0 Å². The molecule has 0 saturated carbocycles. The lowest BCUT2D eigenvalue weighted by molar-refractivity contribution is 0.0601. The maximum absolute atomic E-state index is 13.9. The smallest absolute Gasteiger partial charge is 0.450 e. The van der Waals surface area contributed by atoms with Crippen LogP contribution < -0.4 is 9.46 Å². The third kappa shape index (κ3) is 4.46. The SMILES string of the molecule is COC(=O)c1cc(NS(=O)(=O)C(=O)Oc2ccccc2)c(F)cc1Cl. The lowest BCUT2D eigenvalue weighted by atomic mass is 10.2. The van der Waals surface area contributed by atoms with Crippen LogP contribution in [0.2, 0.25) is 5.02 Å². The van der Waals surface area contributed by atoms with Gasteiger partial charge in [-0.15, -0.1) is 0 Å². The number of hydrogen-bond donors (Lipinski definition) is 1. The van der Waals surface area contributed by atoms with Gasteiger partial charge in [-0.2, -0.15) is 8.42 Å². The minimum Gasteiger partial charge on any atom is -0.465 e. The van der Waals surface area contributed by atoms with Crippen molar-refractivity contribution in [3.8, 4) is 5.75 Å². The van der Waals surface area contributed by atoms with Crippen LogP contribution in [0.1, 0.15) is 10.4 Å². The predicted octanol–water partition coefficient (Wildman–Crippen LogP) is 3.21. The number of anilines is 1. The number of nitrogens with one attached hydrogen (secondary N) is 1. The maximum atomic E-state index is 13.9. The summed E-state index contributed by atoms with van der Waals surface area (Å²) in [5.41, 5.74) is -0.936. The Bertz CT molecular complexity index is 917. The molecular formula is C15H11ClFNO6S. The molecule has 0 aromatic heterocycles. The number of methoxy groups -OCH3 is 1. The van der Waals surface area contributed by atoms with E-state index in [4.69, 9.17) is 11.6 Å². The van der Waals surface area contributed by atoms with Crippen molar-refractivity contribution < 1.29 is 31.9 Å². The number of hydrogen-bond acceptors (Lipinski definition) is 6. The van der Waals surface area contributed by atoms with Crippen molar-refractivity contribution in [1.29, 1.82) is 0 Å². The van der Waals surface area contributed by atoms with Crippen LogP contribution in [0.4, 0.5) is 14.9 Å². The summed E-state index contributed by atoms with van der Waals surface area (Å²) in [7, 11) is -3.67. The number of benzene rings is 2. The van der Waals surface area contributed by atoms with E-state index in [1.165, 1.54) is 24.3 Å². The molecule has 0 unspecified atom stereocenters. The van der Waals surface area contributed by atoms with Crippen LogP contribution in [0.25, 0.3) is 0 Å². The van der Waals surface area contributed by atoms with Gasteiger partial charge in [0, 0.05) is 0 Å². The zero-order chi connectivity index (χ0) is 18.6. The fourth-order valence-electron chi connectivity index (χ4n) is 1.72. The molecule has 0 spiro atoms. The predicted molar refractivity (Wildman–Crippen MR) is 87.8 cm³/mol. The summed E-state index contributed by atoms with van der Waals surface area (Å²) in [6, 6.07) is 8.97. The molecular weight excluding hydrogens is 377 g/mol. The maximum Gasteiger partial charge on any atom is 0.450 e. The van der Waals surface area contributed by atoms with Gasteiger partial charge in [0.05, 0.1) is 23.4 Å². The van der Waals surface area contributed by atoms with Gasteiger partial charge in [0.2, 0.25) is 0 Å². The lowest BCUT2D eigenvalue weighted by Gasteiger charge is -2.10. The number of sulfonamides is 1. The van der Waals surface area contributed by atoms with Gasteiger partial charge in [-0.3, -0.25) is 4.72 Å². The highest BCUT2D eigenvalue weighted by atomic mass is 35.5. The molecule has 0 aliphatic carbocycles. The molecule has 0 saturated heterocycles. The van der Waals surface area contributed by atoms with Crippen LogP contribution in [-0.4, -0.2) is 26.8 Å². The van der Waals surface area contributed by atoms with Crippen molar-refractivity contribution in [1.82, 2.24) is 0 Å². The van der Waals surface area contributed by atoms with E-state index in [-0.39, 0.29) is 16.3 Å². The normalized spacial score (nSPS) is 10.8. The van der Waals surface area contributed by atoms with Gasteiger partial charge in [-0.25, -0.2) is 14.0 Å². The van der Waals surface area contributed by atoms with Gasteiger partial charge in [0.25, 0.3) is 0 Å². The molecule has 25 heavy (non-hydrogen) atoms. The summed E-state index contributed by atoms with van der Waals surface area (Å²) < 4.78 is 48.7. The molecule has 2 aromatic rings. The van der Waals surface area contributed by atoms with Crippen LogP contribution in [0, 0.1) is 5.82 Å². The Morgan fingerprint density at radius 1 is 1.16 bits per heavy atom. The Morgan fingerprint density at radius 2 is 1.80 bits per heavy atom. The Balaban J connectivity index is 2.28. The largest absolute Gasteiger partial charge is 0.465 e. The number of halogens is 2. The van der Waals surface area contributed by atoms with Gasteiger partial charge in [0.15, 0.2) is 0 Å². The van der Waals surface area contributed by atoms with Crippen LogP contribution in [-0.2, 0) is 14.8 Å². The highest BCUT2D eigenvalue weighted by Gasteiger charge is 2.27. The van der Waals surface area contributed by atoms with Crippen LogP contribution in [0.3, 0.4) is 0 Å². The quantitative estimate of drug-likeness (QED) is 0.809. The van der Waals surface area contributed by atoms with E-state index in [1.807, 2.05) is 0 Å². The molecule has 7 nitrogen and oxygen atoms in total. The van der Waals surface area contributed by atoms with E-state index < -0.39 is 32.8 Å². The zero-order valence-electron chi connectivity index (χ0n) is 12.7.